The molecule has 0 unspecified atom stereocenters. The van der Waals surface area contributed by atoms with Gasteiger partial charge in [-0.25, -0.2) is 0 Å². The highest BCUT2D eigenvalue weighted by Crippen LogP contribution is 2.33. The fourth-order valence-corrected chi connectivity index (χ4v) is 5.63. The van der Waals surface area contributed by atoms with Crippen molar-refractivity contribution < 1.29 is 7.58 Å². The highest BCUT2D eigenvalue weighted by atomic mass is 27.2. The van der Waals surface area contributed by atoms with Crippen LogP contribution in [0.15, 0.2) is 109 Å². The summed E-state index contributed by atoms with van der Waals surface area (Å²) in [7, 11) is 0. The van der Waals surface area contributed by atoms with Crippen LogP contribution in [0, 0.1) is 5.92 Å². The highest BCUT2D eigenvalue weighted by molar-refractivity contribution is 6.46. The van der Waals surface area contributed by atoms with Gasteiger partial charge in [-0.2, -0.15) is 0 Å². The Kier molecular flexibility index (Phi) is 7.10. The van der Waals surface area contributed by atoms with Crippen molar-refractivity contribution in [2.24, 2.45) is 5.92 Å². The summed E-state index contributed by atoms with van der Waals surface area (Å²) in [6, 6.07) is 37.3. The Morgan fingerprint density at radius 2 is 0.935 bits per heavy atom. The maximum Gasteiger partial charge on any atom is 0.857 e. The Morgan fingerprint density at radius 1 is 0.548 bits per heavy atom. The Morgan fingerprint density at radius 3 is 1.35 bits per heavy atom. The van der Waals surface area contributed by atoms with Crippen LogP contribution in [-0.2, 0) is 0 Å². The van der Waals surface area contributed by atoms with E-state index in [9.17, 15) is 0 Å². The molecule has 0 fully saturated rings. The first-order valence-electron chi connectivity index (χ1n) is 10.8. The molecular weight excluding hydrogens is 395 g/mol. The summed E-state index contributed by atoms with van der Waals surface area (Å²) in [6.45, 7) is 4.44. The first-order chi connectivity index (χ1) is 15.2. The summed E-state index contributed by atoms with van der Waals surface area (Å²) < 4.78 is 13.2. The molecule has 0 saturated carbocycles. The van der Waals surface area contributed by atoms with E-state index < -0.39 is 14.8 Å². The molecule has 31 heavy (non-hydrogen) atoms. The van der Waals surface area contributed by atoms with Gasteiger partial charge in [-0.3, -0.25) is 0 Å². The van der Waals surface area contributed by atoms with Crippen LogP contribution < -0.4 is 7.58 Å². The van der Waals surface area contributed by atoms with Gasteiger partial charge in [0.05, 0.1) is 11.5 Å². The van der Waals surface area contributed by atoms with Gasteiger partial charge in [0, 0.05) is 11.1 Å². The number of para-hydroxylation sites is 2. The van der Waals surface area contributed by atoms with Crippen LogP contribution in [0.4, 0.5) is 0 Å². The molecular formula is C28H27AlO2. The van der Waals surface area contributed by atoms with E-state index in [0.717, 1.165) is 39.0 Å². The monoisotopic (exact) mass is 422 g/mol. The average molecular weight is 423 g/mol. The second-order valence-electron chi connectivity index (χ2n) is 8.02. The van der Waals surface area contributed by atoms with E-state index in [1.165, 1.54) is 0 Å². The van der Waals surface area contributed by atoms with Gasteiger partial charge >= 0.3 is 14.8 Å². The smallest absolute Gasteiger partial charge is 0.611 e. The van der Waals surface area contributed by atoms with Crippen LogP contribution >= 0.6 is 0 Å². The molecule has 0 spiro atoms. The van der Waals surface area contributed by atoms with E-state index in [0.29, 0.717) is 5.92 Å². The molecule has 2 nitrogen and oxygen atoms in total. The Bertz CT molecular complexity index is 1010. The zero-order valence-electron chi connectivity index (χ0n) is 18.1. The molecule has 4 aromatic carbocycles. The first-order valence-corrected chi connectivity index (χ1v) is 12.6. The number of rotatable bonds is 8. The zero-order chi connectivity index (χ0) is 21.5. The molecule has 4 aromatic rings. The van der Waals surface area contributed by atoms with Gasteiger partial charge in [0.15, 0.2) is 0 Å². The van der Waals surface area contributed by atoms with E-state index in [1.807, 2.05) is 24.3 Å². The third-order valence-electron chi connectivity index (χ3n) is 5.12. The van der Waals surface area contributed by atoms with Gasteiger partial charge < -0.3 is 7.58 Å². The molecule has 3 heteroatoms. The van der Waals surface area contributed by atoms with E-state index in [1.54, 1.807) is 0 Å². The number of hydrogen-bond donors (Lipinski definition) is 0. The predicted molar refractivity (Wildman–Crippen MR) is 130 cm³/mol. The van der Waals surface area contributed by atoms with Crippen molar-refractivity contribution in [1.29, 1.82) is 0 Å². The van der Waals surface area contributed by atoms with Crippen molar-refractivity contribution >= 4 is 14.8 Å². The van der Waals surface area contributed by atoms with Gasteiger partial charge in [-0.1, -0.05) is 117 Å². The minimum Gasteiger partial charge on any atom is -0.611 e. The molecule has 0 aliphatic heterocycles. The number of benzene rings is 4. The predicted octanol–water partition coefficient (Wildman–Crippen LogP) is 7.62. The van der Waals surface area contributed by atoms with Gasteiger partial charge in [-0.15, -0.1) is 0 Å². The SMILES string of the molecule is CC(C)[CH2][Al]([O]c1ccccc1-c1ccccc1)[O]c1ccccc1-c1ccccc1. The van der Waals surface area contributed by atoms with Gasteiger partial charge in [0.25, 0.3) is 0 Å². The molecule has 154 valence electrons. The van der Waals surface area contributed by atoms with Gasteiger partial charge in [0.1, 0.15) is 0 Å². The van der Waals surface area contributed by atoms with Crippen molar-refractivity contribution in [3.05, 3.63) is 109 Å². The van der Waals surface area contributed by atoms with Crippen LogP contribution in [0.3, 0.4) is 0 Å². The third kappa shape index (κ3) is 5.58. The fraction of sp³-hybridized carbons (Fsp3) is 0.143. The lowest BCUT2D eigenvalue weighted by Gasteiger charge is -2.21. The van der Waals surface area contributed by atoms with E-state index >= 15 is 0 Å². The standard InChI is InChI=1S/2C12H10O.C4H9.Al/c2*13-12-9-5-4-8-11(12)10-6-2-1-3-7-10;1-4(2)3;/h2*1-9,13H;4H,1H2,2-3H3;/q;;;+2/p-2. The quantitative estimate of drug-likeness (QED) is 0.272. The molecule has 0 atom stereocenters. The summed E-state index contributed by atoms with van der Waals surface area (Å²) in [4.78, 5) is 0. The fourth-order valence-electron chi connectivity index (χ4n) is 3.64. The normalized spacial score (nSPS) is 10.7. The van der Waals surface area contributed by atoms with Gasteiger partial charge in [-0.05, 0) is 28.5 Å². The molecule has 4 rings (SSSR count). The highest BCUT2D eigenvalue weighted by Gasteiger charge is 2.34. The van der Waals surface area contributed by atoms with Crippen molar-refractivity contribution in [1.82, 2.24) is 0 Å². The van der Waals surface area contributed by atoms with Crippen LogP contribution in [-0.4, -0.2) is 14.8 Å². The third-order valence-corrected chi connectivity index (χ3v) is 7.49. The molecule has 0 saturated heterocycles. The van der Waals surface area contributed by atoms with Crippen LogP contribution in [0.1, 0.15) is 13.8 Å². The lowest BCUT2D eigenvalue weighted by atomic mass is 10.1. The van der Waals surface area contributed by atoms with Crippen molar-refractivity contribution in [2.45, 2.75) is 19.1 Å². The van der Waals surface area contributed by atoms with Crippen molar-refractivity contribution in [3.8, 4) is 33.8 Å². The maximum absolute atomic E-state index is 6.62. The average Bonchev–Trinajstić information content (AvgIpc) is 2.80. The zero-order valence-corrected chi connectivity index (χ0v) is 19.2. The Balaban J connectivity index is 1.64. The largest absolute Gasteiger partial charge is 0.857 e. The van der Waals surface area contributed by atoms with E-state index in [2.05, 4.69) is 98.8 Å². The van der Waals surface area contributed by atoms with E-state index in [-0.39, 0.29) is 0 Å². The molecule has 0 heterocycles. The van der Waals surface area contributed by atoms with Crippen LogP contribution in [0.2, 0.25) is 5.28 Å². The minimum atomic E-state index is -2.05. The summed E-state index contributed by atoms with van der Waals surface area (Å²) in [5, 5.41) is 0.923. The van der Waals surface area contributed by atoms with Crippen molar-refractivity contribution in [2.75, 3.05) is 0 Å². The molecule has 0 amide bonds. The molecule has 0 bridgehead atoms. The molecule has 0 aliphatic rings. The van der Waals surface area contributed by atoms with Crippen LogP contribution in [0.25, 0.3) is 22.3 Å². The maximum atomic E-state index is 6.62. The van der Waals surface area contributed by atoms with E-state index in [4.69, 9.17) is 7.58 Å². The van der Waals surface area contributed by atoms with Crippen LogP contribution in [0.5, 0.6) is 11.5 Å². The second-order valence-corrected chi connectivity index (χ2v) is 9.82. The van der Waals surface area contributed by atoms with Gasteiger partial charge in [0.2, 0.25) is 0 Å². The minimum absolute atomic E-state index is 0.490. The Labute approximate surface area is 190 Å². The molecule has 0 aromatic heterocycles. The summed E-state index contributed by atoms with van der Waals surface area (Å²) in [5.41, 5.74) is 4.51. The second kappa shape index (κ2) is 10.4. The summed E-state index contributed by atoms with van der Waals surface area (Å²) >= 11 is -2.05. The lowest BCUT2D eigenvalue weighted by molar-refractivity contribution is 0.411. The summed E-state index contributed by atoms with van der Waals surface area (Å²) in [5.74, 6) is 2.27. The molecule has 0 N–H and O–H groups in total. The Hall–Kier alpha value is -2.99. The summed E-state index contributed by atoms with van der Waals surface area (Å²) in [6.07, 6.45) is 0. The molecule has 0 radical (unpaired) electrons. The number of hydrogen-bond acceptors (Lipinski definition) is 2. The topological polar surface area (TPSA) is 18.5 Å². The van der Waals surface area contributed by atoms with Crippen molar-refractivity contribution in [3.63, 3.8) is 0 Å². The first kappa shape index (κ1) is 21.3. The molecule has 0 aliphatic carbocycles. The lowest BCUT2D eigenvalue weighted by Crippen LogP contribution is -2.31.